The molecule has 21 heavy (non-hydrogen) atoms. The Hall–Kier alpha value is -2.43. The maximum Gasteiger partial charge on any atom is 0.258 e. The molecule has 5 nitrogen and oxygen atoms in total. The zero-order chi connectivity index (χ0) is 15.4. The van der Waals surface area contributed by atoms with Crippen LogP contribution in [0.25, 0.3) is 0 Å². The molecule has 1 unspecified atom stereocenters. The quantitative estimate of drug-likeness (QED) is 0.829. The summed E-state index contributed by atoms with van der Waals surface area (Å²) in [6.45, 7) is 5.65. The summed E-state index contributed by atoms with van der Waals surface area (Å²) in [5.74, 6) is 2.08. The monoisotopic (exact) mass is 288 g/mol. The van der Waals surface area contributed by atoms with Gasteiger partial charge in [0.25, 0.3) is 5.91 Å². The second-order valence-electron chi connectivity index (χ2n) is 5.02. The van der Waals surface area contributed by atoms with Crippen LogP contribution in [0.4, 0.5) is 5.69 Å². The molecule has 5 heteroatoms. The fourth-order valence-corrected chi connectivity index (χ4v) is 2.15. The molecule has 0 radical (unpaired) electrons. The smallest absolute Gasteiger partial charge is 0.258 e. The molecule has 2 rings (SSSR count). The molecule has 1 amide bonds. The lowest BCUT2D eigenvalue weighted by atomic mass is 10.1. The molecule has 1 heterocycles. The van der Waals surface area contributed by atoms with Crippen molar-refractivity contribution in [2.75, 3.05) is 12.3 Å². The number of anilines is 1. The summed E-state index contributed by atoms with van der Waals surface area (Å²) < 4.78 is 10.9. The summed E-state index contributed by atoms with van der Waals surface area (Å²) in [5.41, 5.74) is 7.22. The zero-order valence-electron chi connectivity index (χ0n) is 12.5. The standard InChI is InChI=1S/C16H20N2O3/c1-10-8-15(12(3)21-10)11(2)18-16(19)9-20-14-6-4-13(17)5-7-14/h4-8,11H,9,17H2,1-3H3,(H,18,19). The van der Waals surface area contributed by atoms with Crippen LogP contribution < -0.4 is 15.8 Å². The predicted molar refractivity (Wildman–Crippen MR) is 81.1 cm³/mol. The first-order valence-electron chi connectivity index (χ1n) is 6.80. The molecule has 0 fully saturated rings. The first-order chi connectivity index (χ1) is 9.95. The largest absolute Gasteiger partial charge is 0.484 e. The number of aryl methyl sites for hydroxylation is 2. The van der Waals surface area contributed by atoms with Gasteiger partial charge in [0, 0.05) is 11.3 Å². The molecule has 1 aromatic carbocycles. The number of nitrogen functional groups attached to an aromatic ring is 1. The maximum atomic E-state index is 11.9. The number of nitrogens with two attached hydrogens (primary N) is 1. The lowest BCUT2D eigenvalue weighted by Gasteiger charge is -2.13. The fraction of sp³-hybridized carbons (Fsp3) is 0.312. The molecular formula is C16H20N2O3. The van der Waals surface area contributed by atoms with Gasteiger partial charge < -0.3 is 20.2 Å². The second-order valence-corrected chi connectivity index (χ2v) is 5.02. The van der Waals surface area contributed by atoms with E-state index in [1.807, 2.05) is 26.8 Å². The van der Waals surface area contributed by atoms with Gasteiger partial charge in [0.05, 0.1) is 6.04 Å². The molecular weight excluding hydrogens is 268 g/mol. The number of hydrogen-bond donors (Lipinski definition) is 2. The van der Waals surface area contributed by atoms with Crippen molar-refractivity contribution in [1.82, 2.24) is 5.32 Å². The Morgan fingerprint density at radius 3 is 2.57 bits per heavy atom. The molecule has 2 aromatic rings. The Morgan fingerprint density at radius 2 is 2.00 bits per heavy atom. The maximum absolute atomic E-state index is 11.9. The van der Waals surface area contributed by atoms with Crippen LogP contribution in [0, 0.1) is 13.8 Å². The molecule has 1 atom stereocenters. The summed E-state index contributed by atoms with van der Waals surface area (Å²) in [6, 6.07) is 8.73. The number of rotatable bonds is 5. The fourth-order valence-electron chi connectivity index (χ4n) is 2.15. The summed E-state index contributed by atoms with van der Waals surface area (Å²) in [6.07, 6.45) is 0. The molecule has 0 spiro atoms. The van der Waals surface area contributed by atoms with Crippen molar-refractivity contribution >= 4 is 11.6 Å². The van der Waals surface area contributed by atoms with Crippen molar-refractivity contribution in [1.29, 1.82) is 0 Å². The Bertz CT molecular complexity index is 617. The number of benzene rings is 1. The van der Waals surface area contributed by atoms with E-state index in [9.17, 15) is 4.79 Å². The Balaban J connectivity index is 1.87. The van der Waals surface area contributed by atoms with Gasteiger partial charge in [0.1, 0.15) is 17.3 Å². The predicted octanol–water partition coefficient (Wildman–Crippen LogP) is 2.73. The van der Waals surface area contributed by atoms with Crippen molar-refractivity contribution in [2.24, 2.45) is 0 Å². The van der Waals surface area contributed by atoms with Crippen molar-refractivity contribution < 1.29 is 13.9 Å². The second kappa shape index (κ2) is 6.35. The zero-order valence-corrected chi connectivity index (χ0v) is 12.5. The van der Waals surface area contributed by atoms with Gasteiger partial charge in [-0.1, -0.05) is 0 Å². The number of furan rings is 1. The highest BCUT2D eigenvalue weighted by molar-refractivity contribution is 5.78. The number of amides is 1. The van der Waals surface area contributed by atoms with Crippen LogP contribution in [-0.4, -0.2) is 12.5 Å². The van der Waals surface area contributed by atoms with E-state index in [1.165, 1.54) is 0 Å². The van der Waals surface area contributed by atoms with Crippen LogP contribution in [0.15, 0.2) is 34.7 Å². The lowest BCUT2D eigenvalue weighted by molar-refractivity contribution is -0.123. The van der Waals surface area contributed by atoms with Crippen molar-refractivity contribution in [2.45, 2.75) is 26.8 Å². The first kappa shape index (κ1) is 15.0. The highest BCUT2D eigenvalue weighted by Gasteiger charge is 2.15. The summed E-state index contributed by atoms with van der Waals surface area (Å²) >= 11 is 0. The average Bonchev–Trinajstić information content (AvgIpc) is 2.77. The highest BCUT2D eigenvalue weighted by atomic mass is 16.5. The Labute approximate surface area is 124 Å². The molecule has 0 saturated carbocycles. The number of carbonyl (C=O) groups excluding carboxylic acids is 1. The van der Waals surface area contributed by atoms with Gasteiger partial charge in [-0.05, 0) is 51.1 Å². The number of ether oxygens (including phenoxy) is 1. The molecule has 0 saturated heterocycles. The van der Waals surface area contributed by atoms with Crippen LogP contribution in [0.5, 0.6) is 5.75 Å². The van der Waals surface area contributed by atoms with Crippen LogP contribution in [-0.2, 0) is 4.79 Å². The van der Waals surface area contributed by atoms with E-state index >= 15 is 0 Å². The minimum atomic E-state index is -0.183. The van der Waals surface area contributed by atoms with E-state index in [2.05, 4.69) is 5.32 Å². The van der Waals surface area contributed by atoms with E-state index in [0.29, 0.717) is 11.4 Å². The van der Waals surface area contributed by atoms with Gasteiger partial charge in [0.15, 0.2) is 6.61 Å². The molecule has 112 valence electrons. The summed E-state index contributed by atoms with van der Waals surface area (Å²) in [5, 5.41) is 2.88. The Morgan fingerprint density at radius 1 is 1.33 bits per heavy atom. The molecule has 0 aliphatic carbocycles. The number of nitrogens with one attached hydrogen (secondary N) is 1. The third-order valence-corrected chi connectivity index (χ3v) is 3.17. The topological polar surface area (TPSA) is 77.5 Å². The normalized spacial score (nSPS) is 12.0. The highest BCUT2D eigenvalue weighted by Crippen LogP contribution is 2.21. The van der Waals surface area contributed by atoms with Gasteiger partial charge in [-0.25, -0.2) is 0 Å². The summed E-state index contributed by atoms with van der Waals surface area (Å²) in [7, 11) is 0. The van der Waals surface area contributed by atoms with Crippen molar-refractivity contribution in [3.63, 3.8) is 0 Å². The third-order valence-electron chi connectivity index (χ3n) is 3.17. The third kappa shape index (κ3) is 4.02. The van der Waals surface area contributed by atoms with Gasteiger partial charge >= 0.3 is 0 Å². The van der Waals surface area contributed by atoms with Gasteiger partial charge in [-0.3, -0.25) is 4.79 Å². The van der Waals surface area contributed by atoms with E-state index in [1.54, 1.807) is 24.3 Å². The molecule has 1 aromatic heterocycles. The van der Waals surface area contributed by atoms with Crippen molar-refractivity contribution in [3.8, 4) is 5.75 Å². The summed E-state index contributed by atoms with van der Waals surface area (Å²) in [4.78, 5) is 11.9. The lowest BCUT2D eigenvalue weighted by Crippen LogP contribution is -2.31. The van der Waals surface area contributed by atoms with Crippen LogP contribution in [0.1, 0.15) is 30.0 Å². The van der Waals surface area contributed by atoms with Crippen LogP contribution in [0.3, 0.4) is 0 Å². The number of carbonyl (C=O) groups is 1. The minimum Gasteiger partial charge on any atom is -0.484 e. The van der Waals surface area contributed by atoms with E-state index in [4.69, 9.17) is 14.9 Å². The van der Waals surface area contributed by atoms with E-state index in [0.717, 1.165) is 17.1 Å². The first-order valence-corrected chi connectivity index (χ1v) is 6.80. The van der Waals surface area contributed by atoms with Crippen LogP contribution >= 0.6 is 0 Å². The minimum absolute atomic E-state index is 0.0376. The average molecular weight is 288 g/mol. The van der Waals surface area contributed by atoms with Crippen molar-refractivity contribution in [3.05, 3.63) is 47.4 Å². The number of hydrogen-bond acceptors (Lipinski definition) is 4. The Kier molecular flexibility index (Phi) is 4.52. The van der Waals surface area contributed by atoms with Gasteiger partial charge in [-0.15, -0.1) is 0 Å². The van der Waals surface area contributed by atoms with E-state index < -0.39 is 0 Å². The van der Waals surface area contributed by atoms with Gasteiger partial charge in [0.2, 0.25) is 0 Å². The van der Waals surface area contributed by atoms with E-state index in [-0.39, 0.29) is 18.6 Å². The molecule has 3 N–H and O–H groups in total. The van der Waals surface area contributed by atoms with Crippen LogP contribution in [0.2, 0.25) is 0 Å². The molecule has 0 aliphatic heterocycles. The molecule has 0 bridgehead atoms. The van der Waals surface area contributed by atoms with Gasteiger partial charge in [-0.2, -0.15) is 0 Å². The SMILES string of the molecule is Cc1cc(C(C)NC(=O)COc2ccc(N)cc2)c(C)o1. The molecule has 0 aliphatic rings.